The lowest BCUT2D eigenvalue weighted by Crippen LogP contribution is -2.42. The Labute approximate surface area is 127 Å². The van der Waals surface area contributed by atoms with E-state index in [1.165, 1.54) is 0 Å². The molecule has 0 aromatic heterocycles. The molecule has 0 spiro atoms. The van der Waals surface area contributed by atoms with Gasteiger partial charge in [0.1, 0.15) is 11.8 Å². The summed E-state index contributed by atoms with van der Waals surface area (Å²) in [5, 5.41) is 11.2. The second-order valence-corrected chi connectivity index (χ2v) is 5.50. The van der Waals surface area contributed by atoms with Crippen LogP contribution in [0, 0.1) is 0 Å². The summed E-state index contributed by atoms with van der Waals surface area (Å²) >= 11 is 6.61. The van der Waals surface area contributed by atoms with Gasteiger partial charge in [-0.05, 0) is 40.5 Å². The zero-order chi connectivity index (χ0) is 14.4. The smallest absolute Gasteiger partial charge is 0.326 e. The fourth-order valence-electron chi connectivity index (χ4n) is 1.31. The van der Waals surface area contributed by atoms with Crippen molar-refractivity contribution < 1.29 is 19.4 Å². The highest BCUT2D eigenvalue weighted by molar-refractivity contribution is 9.11. The first-order valence-electron chi connectivity index (χ1n) is 5.54. The number of hydrogen-bond donors (Lipinski definition) is 2. The Kier molecular flexibility index (Phi) is 6.30. The molecule has 19 heavy (non-hydrogen) atoms. The molecular formula is C12H13Br2NO4. The number of benzene rings is 1. The molecule has 0 radical (unpaired) electrons. The second-order valence-electron chi connectivity index (χ2n) is 3.73. The SMILES string of the molecule is CCC(NC(=O)COc1ccc(Br)cc1Br)C(=O)O. The number of carboxylic acid groups (broad SMARTS) is 1. The molecule has 5 nitrogen and oxygen atoms in total. The summed E-state index contributed by atoms with van der Waals surface area (Å²) in [4.78, 5) is 22.3. The van der Waals surface area contributed by atoms with Crippen molar-refractivity contribution in [3.8, 4) is 5.75 Å². The van der Waals surface area contributed by atoms with Gasteiger partial charge in [0.15, 0.2) is 6.61 Å². The standard InChI is InChI=1S/C12H13Br2NO4/c1-2-9(12(17)18)15-11(16)6-19-10-4-3-7(13)5-8(10)14/h3-5,9H,2,6H2,1H3,(H,15,16)(H,17,18). The Bertz CT molecular complexity index is 479. The molecule has 104 valence electrons. The topological polar surface area (TPSA) is 75.6 Å². The number of carbonyl (C=O) groups excluding carboxylic acids is 1. The molecule has 1 atom stereocenters. The van der Waals surface area contributed by atoms with Crippen LogP contribution in [0.2, 0.25) is 0 Å². The van der Waals surface area contributed by atoms with Crippen LogP contribution >= 0.6 is 31.9 Å². The molecule has 0 saturated carbocycles. The summed E-state index contributed by atoms with van der Waals surface area (Å²) in [7, 11) is 0. The average Bonchev–Trinajstić information content (AvgIpc) is 2.34. The number of ether oxygens (including phenoxy) is 1. The zero-order valence-electron chi connectivity index (χ0n) is 10.2. The maximum Gasteiger partial charge on any atom is 0.326 e. The van der Waals surface area contributed by atoms with Crippen molar-refractivity contribution in [2.45, 2.75) is 19.4 Å². The van der Waals surface area contributed by atoms with Crippen molar-refractivity contribution in [1.29, 1.82) is 0 Å². The predicted molar refractivity (Wildman–Crippen MR) is 77.2 cm³/mol. The minimum absolute atomic E-state index is 0.232. The highest BCUT2D eigenvalue weighted by Crippen LogP contribution is 2.28. The number of halogens is 2. The van der Waals surface area contributed by atoms with Crippen molar-refractivity contribution in [1.82, 2.24) is 5.32 Å². The van der Waals surface area contributed by atoms with E-state index in [0.29, 0.717) is 16.6 Å². The fourth-order valence-corrected chi connectivity index (χ4v) is 2.47. The third kappa shape index (κ3) is 5.20. The molecule has 1 unspecified atom stereocenters. The van der Waals surface area contributed by atoms with Gasteiger partial charge in [-0.15, -0.1) is 0 Å². The summed E-state index contributed by atoms with van der Waals surface area (Å²) < 4.78 is 6.90. The van der Waals surface area contributed by atoms with E-state index in [1.807, 2.05) is 0 Å². The van der Waals surface area contributed by atoms with E-state index in [0.717, 1.165) is 4.47 Å². The first-order chi connectivity index (χ1) is 8.93. The van der Waals surface area contributed by atoms with Crippen molar-refractivity contribution in [3.05, 3.63) is 27.1 Å². The summed E-state index contributed by atoms with van der Waals surface area (Å²) in [5.41, 5.74) is 0. The molecule has 1 amide bonds. The number of amides is 1. The number of rotatable bonds is 6. The van der Waals surface area contributed by atoms with Crippen LogP contribution in [0.3, 0.4) is 0 Å². The second kappa shape index (κ2) is 7.49. The van der Waals surface area contributed by atoms with Gasteiger partial charge >= 0.3 is 5.97 Å². The quantitative estimate of drug-likeness (QED) is 0.777. The molecule has 0 bridgehead atoms. The molecule has 0 saturated heterocycles. The lowest BCUT2D eigenvalue weighted by atomic mass is 10.2. The van der Waals surface area contributed by atoms with E-state index < -0.39 is 17.9 Å². The number of hydrogen-bond acceptors (Lipinski definition) is 3. The van der Waals surface area contributed by atoms with E-state index in [4.69, 9.17) is 9.84 Å². The molecule has 1 rings (SSSR count). The van der Waals surface area contributed by atoms with Crippen molar-refractivity contribution in [2.75, 3.05) is 6.61 Å². The molecule has 0 fully saturated rings. The fraction of sp³-hybridized carbons (Fsp3) is 0.333. The van der Waals surface area contributed by atoms with E-state index in [2.05, 4.69) is 37.2 Å². The number of carboxylic acids is 1. The van der Waals surface area contributed by atoms with Crippen LogP contribution in [-0.2, 0) is 9.59 Å². The Morgan fingerprint density at radius 2 is 2.11 bits per heavy atom. The van der Waals surface area contributed by atoms with Gasteiger partial charge in [-0.1, -0.05) is 22.9 Å². The average molecular weight is 395 g/mol. The van der Waals surface area contributed by atoms with Crippen LogP contribution in [0.15, 0.2) is 27.1 Å². The molecule has 1 aromatic carbocycles. The van der Waals surface area contributed by atoms with Gasteiger partial charge in [0.2, 0.25) is 0 Å². The Morgan fingerprint density at radius 3 is 2.63 bits per heavy atom. The predicted octanol–water partition coefficient (Wildman–Crippen LogP) is 2.57. The molecule has 0 heterocycles. The highest BCUT2D eigenvalue weighted by atomic mass is 79.9. The molecular weight excluding hydrogens is 382 g/mol. The van der Waals surface area contributed by atoms with Crippen molar-refractivity contribution in [2.24, 2.45) is 0 Å². The maximum atomic E-state index is 11.5. The third-order valence-electron chi connectivity index (χ3n) is 2.29. The third-order valence-corrected chi connectivity index (χ3v) is 3.41. The van der Waals surface area contributed by atoms with E-state index in [9.17, 15) is 9.59 Å². The Morgan fingerprint density at radius 1 is 1.42 bits per heavy atom. The lowest BCUT2D eigenvalue weighted by molar-refractivity contribution is -0.142. The molecule has 0 aliphatic carbocycles. The molecule has 0 aliphatic rings. The molecule has 2 N–H and O–H groups in total. The number of carbonyl (C=O) groups is 2. The van der Waals surface area contributed by atoms with Gasteiger partial charge in [-0.3, -0.25) is 4.79 Å². The van der Waals surface area contributed by atoms with Crippen molar-refractivity contribution >= 4 is 43.7 Å². The maximum absolute atomic E-state index is 11.5. The Balaban J connectivity index is 2.52. The molecule has 0 aliphatic heterocycles. The van der Waals surface area contributed by atoms with Crippen LogP contribution in [0.25, 0.3) is 0 Å². The van der Waals surface area contributed by atoms with Gasteiger partial charge in [0.25, 0.3) is 5.91 Å². The van der Waals surface area contributed by atoms with E-state index in [-0.39, 0.29) is 6.61 Å². The monoisotopic (exact) mass is 393 g/mol. The minimum Gasteiger partial charge on any atom is -0.483 e. The van der Waals surface area contributed by atoms with Crippen LogP contribution in [0.4, 0.5) is 0 Å². The first kappa shape index (κ1) is 16.0. The number of nitrogens with one attached hydrogen (secondary N) is 1. The minimum atomic E-state index is -1.05. The molecule has 1 aromatic rings. The van der Waals surface area contributed by atoms with Gasteiger partial charge in [0.05, 0.1) is 4.47 Å². The van der Waals surface area contributed by atoms with Crippen LogP contribution in [0.1, 0.15) is 13.3 Å². The first-order valence-corrected chi connectivity index (χ1v) is 7.12. The van der Waals surface area contributed by atoms with E-state index in [1.54, 1.807) is 25.1 Å². The van der Waals surface area contributed by atoms with Gasteiger partial charge in [-0.25, -0.2) is 4.79 Å². The van der Waals surface area contributed by atoms with Gasteiger partial charge in [-0.2, -0.15) is 0 Å². The highest BCUT2D eigenvalue weighted by Gasteiger charge is 2.17. The normalized spacial score (nSPS) is 11.7. The van der Waals surface area contributed by atoms with E-state index >= 15 is 0 Å². The van der Waals surface area contributed by atoms with Crippen LogP contribution in [0.5, 0.6) is 5.75 Å². The molecule has 7 heteroatoms. The van der Waals surface area contributed by atoms with Crippen LogP contribution < -0.4 is 10.1 Å². The van der Waals surface area contributed by atoms with Gasteiger partial charge in [0, 0.05) is 4.47 Å². The Hall–Kier alpha value is -1.08. The summed E-state index contributed by atoms with van der Waals surface area (Å²) in [6, 6.07) is 4.39. The van der Waals surface area contributed by atoms with Crippen molar-refractivity contribution in [3.63, 3.8) is 0 Å². The largest absolute Gasteiger partial charge is 0.483 e. The van der Waals surface area contributed by atoms with Crippen LogP contribution in [-0.4, -0.2) is 29.6 Å². The summed E-state index contributed by atoms with van der Waals surface area (Å²) in [5.74, 6) is -1.01. The summed E-state index contributed by atoms with van der Waals surface area (Å²) in [6.07, 6.45) is 0.322. The van der Waals surface area contributed by atoms with Gasteiger partial charge < -0.3 is 15.2 Å². The number of aliphatic carboxylic acids is 1. The zero-order valence-corrected chi connectivity index (χ0v) is 13.3. The summed E-state index contributed by atoms with van der Waals surface area (Å²) in [6.45, 7) is 1.45. The lowest BCUT2D eigenvalue weighted by Gasteiger charge is -2.13.